The van der Waals surface area contributed by atoms with Crippen LogP contribution < -0.4 is 9.47 Å². The molecular formula is C21H33NO3. The van der Waals surface area contributed by atoms with E-state index in [0.717, 1.165) is 36.3 Å². The van der Waals surface area contributed by atoms with Crippen LogP contribution in [0.5, 0.6) is 11.5 Å². The van der Waals surface area contributed by atoms with E-state index in [-0.39, 0.29) is 6.61 Å². The normalized spacial score (nSPS) is 23.2. The highest BCUT2D eigenvalue weighted by Crippen LogP contribution is 2.43. The molecule has 1 fully saturated rings. The highest BCUT2D eigenvalue weighted by atomic mass is 16.5. The SMILES string of the molecule is COc1cc2c(cc1OCCCO)CCN1C[C@@H](CC(C)C)CC[C@H]21. The molecule has 0 amide bonds. The van der Waals surface area contributed by atoms with Crippen molar-refractivity contribution in [3.63, 3.8) is 0 Å². The summed E-state index contributed by atoms with van der Waals surface area (Å²) in [5.41, 5.74) is 2.84. The number of aliphatic hydroxyl groups excluding tert-OH is 1. The summed E-state index contributed by atoms with van der Waals surface area (Å²) in [5.74, 6) is 3.28. The van der Waals surface area contributed by atoms with Crippen molar-refractivity contribution >= 4 is 0 Å². The van der Waals surface area contributed by atoms with Crippen molar-refractivity contribution in [2.75, 3.05) is 33.4 Å². The van der Waals surface area contributed by atoms with Crippen LogP contribution in [0.1, 0.15) is 56.7 Å². The Bertz CT molecular complexity index is 573. The van der Waals surface area contributed by atoms with Gasteiger partial charge < -0.3 is 14.6 Å². The van der Waals surface area contributed by atoms with Crippen molar-refractivity contribution in [1.29, 1.82) is 0 Å². The first-order chi connectivity index (χ1) is 12.1. The third-order valence-corrected chi connectivity index (χ3v) is 5.60. The first-order valence-corrected chi connectivity index (χ1v) is 9.80. The molecule has 2 heterocycles. The summed E-state index contributed by atoms with van der Waals surface area (Å²) in [6, 6.07) is 4.90. The minimum absolute atomic E-state index is 0.155. The number of benzene rings is 1. The van der Waals surface area contributed by atoms with Crippen molar-refractivity contribution in [3.05, 3.63) is 23.3 Å². The van der Waals surface area contributed by atoms with Crippen LogP contribution >= 0.6 is 0 Å². The van der Waals surface area contributed by atoms with E-state index >= 15 is 0 Å². The number of hydrogen-bond acceptors (Lipinski definition) is 4. The summed E-state index contributed by atoms with van der Waals surface area (Å²) < 4.78 is 11.4. The number of rotatable bonds is 7. The number of aliphatic hydroxyl groups is 1. The molecule has 0 unspecified atom stereocenters. The number of ether oxygens (including phenoxy) is 2. The fourth-order valence-corrected chi connectivity index (χ4v) is 4.51. The molecule has 2 aliphatic heterocycles. The molecule has 25 heavy (non-hydrogen) atoms. The predicted molar refractivity (Wildman–Crippen MR) is 100 cm³/mol. The molecule has 4 nitrogen and oxygen atoms in total. The second-order valence-electron chi connectivity index (χ2n) is 7.96. The lowest BCUT2D eigenvalue weighted by atomic mass is 9.81. The van der Waals surface area contributed by atoms with Crippen LogP contribution in [0, 0.1) is 11.8 Å². The van der Waals surface area contributed by atoms with Crippen LogP contribution in [0.4, 0.5) is 0 Å². The Balaban J connectivity index is 1.76. The lowest BCUT2D eigenvalue weighted by Gasteiger charge is -2.44. The van der Waals surface area contributed by atoms with Crippen molar-refractivity contribution in [1.82, 2.24) is 4.90 Å². The number of nitrogens with zero attached hydrogens (tertiary/aromatic N) is 1. The van der Waals surface area contributed by atoms with Gasteiger partial charge in [0.25, 0.3) is 0 Å². The van der Waals surface area contributed by atoms with Gasteiger partial charge in [0.1, 0.15) is 0 Å². The second-order valence-corrected chi connectivity index (χ2v) is 7.96. The maximum atomic E-state index is 8.95. The Kier molecular flexibility index (Phi) is 6.24. The van der Waals surface area contributed by atoms with Gasteiger partial charge in [0.15, 0.2) is 11.5 Å². The highest BCUT2D eigenvalue weighted by molar-refractivity contribution is 5.49. The molecule has 0 bridgehead atoms. The Labute approximate surface area is 152 Å². The first-order valence-electron chi connectivity index (χ1n) is 9.80. The van der Waals surface area contributed by atoms with Crippen molar-refractivity contribution in [2.45, 2.75) is 52.0 Å². The van der Waals surface area contributed by atoms with E-state index in [2.05, 4.69) is 30.9 Å². The largest absolute Gasteiger partial charge is 0.493 e. The van der Waals surface area contributed by atoms with Gasteiger partial charge >= 0.3 is 0 Å². The van der Waals surface area contributed by atoms with Gasteiger partial charge in [-0.05, 0) is 60.8 Å². The molecule has 0 saturated carbocycles. The third-order valence-electron chi connectivity index (χ3n) is 5.60. The van der Waals surface area contributed by atoms with Crippen LogP contribution in [0.15, 0.2) is 12.1 Å². The van der Waals surface area contributed by atoms with E-state index in [1.807, 2.05) is 0 Å². The quantitative estimate of drug-likeness (QED) is 0.762. The van der Waals surface area contributed by atoms with Gasteiger partial charge in [-0.2, -0.15) is 0 Å². The standard InChI is InChI=1S/C21H33NO3/c1-15(2)11-16-5-6-19-18-13-20(24-3)21(25-10-4-9-23)12-17(18)7-8-22(19)14-16/h12-13,15-16,19,23H,4-11,14H2,1-3H3/t16-,19-/m1/s1. The van der Waals surface area contributed by atoms with Crippen LogP contribution in [0.25, 0.3) is 0 Å². The fourth-order valence-electron chi connectivity index (χ4n) is 4.51. The molecule has 140 valence electrons. The molecule has 2 aliphatic rings. The molecule has 0 radical (unpaired) electrons. The molecule has 3 rings (SSSR count). The molecule has 1 aromatic carbocycles. The van der Waals surface area contributed by atoms with Gasteiger partial charge in [0, 0.05) is 32.2 Å². The smallest absolute Gasteiger partial charge is 0.161 e. The molecule has 0 spiro atoms. The fraction of sp³-hybridized carbons (Fsp3) is 0.714. The molecule has 2 atom stereocenters. The lowest BCUT2D eigenvalue weighted by molar-refractivity contribution is 0.0893. The first kappa shape index (κ1) is 18.5. The lowest BCUT2D eigenvalue weighted by Crippen LogP contribution is -2.42. The van der Waals surface area contributed by atoms with Gasteiger partial charge in [-0.1, -0.05) is 13.8 Å². The maximum Gasteiger partial charge on any atom is 0.161 e. The van der Waals surface area contributed by atoms with Crippen LogP contribution in [0.3, 0.4) is 0 Å². The van der Waals surface area contributed by atoms with Gasteiger partial charge in [0.2, 0.25) is 0 Å². The monoisotopic (exact) mass is 347 g/mol. The van der Waals surface area contributed by atoms with Crippen molar-refractivity contribution in [3.8, 4) is 11.5 Å². The van der Waals surface area contributed by atoms with Crippen molar-refractivity contribution in [2.24, 2.45) is 11.8 Å². The maximum absolute atomic E-state index is 8.95. The van der Waals surface area contributed by atoms with Crippen LogP contribution in [-0.4, -0.2) is 43.4 Å². The topological polar surface area (TPSA) is 41.9 Å². The number of fused-ring (bicyclic) bond motifs is 3. The van der Waals surface area contributed by atoms with Gasteiger partial charge in [-0.3, -0.25) is 4.90 Å². The number of hydrogen-bond donors (Lipinski definition) is 1. The summed E-state index contributed by atoms with van der Waals surface area (Å²) in [4.78, 5) is 2.69. The van der Waals surface area contributed by atoms with E-state index in [1.54, 1.807) is 7.11 Å². The van der Waals surface area contributed by atoms with E-state index < -0.39 is 0 Å². The minimum Gasteiger partial charge on any atom is -0.493 e. The minimum atomic E-state index is 0.155. The van der Waals surface area contributed by atoms with E-state index in [9.17, 15) is 0 Å². The van der Waals surface area contributed by atoms with Crippen LogP contribution in [0.2, 0.25) is 0 Å². The number of methoxy groups -OCH3 is 1. The second kappa shape index (κ2) is 8.41. The third kappa shape index (κ3) is 4.29. The summed E-state index contributed by atoms with van der Waals surface area (Å²) >= 11 is 0. The summed E-state index contributed by atoms with van der Waals surface area (Å²) in [7, 11) is 1.71. The molecule has 4 heteroatoms. The zero-order valence-corrected chi connectivity index (χ0v) is 16.0. The van der Waals surface area contributed by atoms with Crippen molar-refractivity contribution < 1.29 is 14.6 Å². The summed E-state index contributed by atoms with van der Waals surface area (Å²) in [6.07, 6.45) is 5.65. The number of piperidine rings is 1. The molecule has 1 saturated heterocycles. The zero-order chi connectivity index (χ0) is 17.8. The summed E-state index contributed by atoms with van der Waals surface area (Å²) in [5, 5.41) is 8.95. The average molecular weight is 347 g/mol. The Morgan fingerprint density at radius 1 is 1.24 bits per heavy atom. The van der Waals surface area contributed by atoms with Gasteiger partial charge in [0.05, 0.1) is 13.7 Å². The Hall–Kier alpha value is -1.26. The molecule has 1 N–H and O–H groups in total. The van der Waals surface area contributed by atoms with E-state index in [1.165, 1.54) is 36.9 Å². The zero-order valence-electron chi connectivity index (χ0n) is 16.0. The molecular weight excluding hydrogens is 314 g/mol. The van der Waals surface area contributed by atoms with Crippen LogP contribution in [-0.2, 0) is 6.42 Å². The predicted octanol–water partition coefficient (Wildman–Crippen LogP) is 3.81. The molecule has 0 aromatic heterocycles. The van der Waals surface area contributed by atoms with Gasteiger partial charge in [-0.25, -0.2) is 0 Å². The Morgan fingerprint density at radius 3 is 2.80 bits per heavy atom. The van der Waals surface area contributed by atoms with E-state index in [0.29, 0.717) is 19.1 Å². The molecule has 1 aromatic rings. The molecule has 0 aliphatic carbocycles. The Morgan fingerprint density at radius 2 is 2.08 bits per heavy atom. The van der Waals surface area contributed by atoms with Gasteiger partial charge in [-0.15, -0.1) is 0 Å². The average Bonchev–Trinajstić information content (AvgIpc) is 2.60. The highest BCUT2D eigenvalue weighted by Gasteiger charge is 2.34. The van der Waals surface area contributed by atoms with E-state index in [4.69, 9.17) is 14.6 Å². The summed E-state index contributed by atoms with van der Waals surface area (Å²) in [6.45, 7) is 7.73.